The Morgan fingerprint density at radius 1 is 1.43 bits per heavy atom. The number of piperidine rings is 1. The molecule has 1 aromatic heterocycles. The lowest BCUT2D eigenvalue weighted by Crippen LogP contribution is -2.50. The van der Waals surface area contributed by atoms with Crippen molar-refractivity contribution in [1.29, 1.82) is 0 Å². The second-order valence-corrected chi connectivity index (χ2v) is 8.15. The van der Waals surface area contributed by atoms with Crippen LogP contribution in [0.3, 0.4) is 0 Å². The Kier molecular flexibility index (Phi) is 8.30. The molecule has 2 atom stereocenters. The average molecular weight is 450 g/mol. The van der Waals surface area contributed by atoms with Gasteiger partial charge in [-0.3, -0.25) is 9.89 Å². The molecule has 4 nitrogen and oxygen atoms in total. The standard InChI is InChI=1S/C17H30N4S.HI/c1-17(2,3)20-16(18-4)19-12-13-8-6-10-21(5)15(13)14-9-7-11-22-14;/h7,9,11,13,15H,6,8,10,12H2,1-5H3,(H2,18,19,20);1H. The van der Waals surface area contributed by atoms with Crippen LogP contribution in [0.5, 0.6) is 0 Å². The zero-order chi connectivity index (χ0) is 16.2. The average Bonchev–Trinajstić information content (AvgIpc) is 2.96. The van der Waals surface area contributed by atoms with E-state index in [-0.39, 0.29) is 29.5 Å². The van der Waals surface area contributed by atoms with E-state index in [1.165, 1.54) is 24.3 Å². The summed E-state index contributed by atoms with van der Waals surface area (Å²) in [5.74, 6) is 1.52. The van der Waals surface area contributed by atoms with Crippen molar-refractivity contribution in [3.63, 3.8) is 0 Å². The highest BCUT2D eigenvalue weighted by atomic mass is 127. The number of halogens is 1. The van der Waals surface area contributed by atoms with Gasteiger partial charge in [-0.05, 0) is 64.6 Å². The normalized spacial score (nSPS) is 23.3. The third-order valence-corrected chi connectivity index (χ3v) is 5.03. The summed E-state index contributed by atoms with van der Waals surface area (Å²) < 4.78 is 0. The highest BCUT2D eigenvalue weighted by Crippen LogP contribution is 2.36. The molecule has 6 heteroatoms. The summed E-state index contributed by atoms with van der Waals surface area (Å²) in [5, 5.41) is 9.14. The maximum absolute atomic E-state index is 4.35. The first-order chi connectivity index (χ1) is 10.4. The molecule has 1 saturated heterocycles. The van der Waals surface area contributed by atoms with Crippen LogP contribution in [-0.2, 0) is 0 Å². The van der Waals surface area contributed by atoms with E-state index in [1.807, 2.05) is 18.4 Å². The van der Waals surface area contributed by atoms with Gasteiger partial charge in [0, 0.05) is 30.1 Å². The fourth-order valence-corrected chi connectivity index (χ4v) is 4.13. The molecule has 0 aliphatic carbocycles. The fourth-order valence-electron chi connectivity index (χ4n) is 3.14. The molecule has 1 aromatic rings. The molecule has 0 radical (unpaired) electrons. The summed E-state index contributed by atoms with van der Waals surface area (Å²) in [7, 11) is 4.09. The topological polar surface area (TPSA) is 39.7 Å². The summed E-state index contributed by atoms with van der Waals surface area (Å²) in [5.41, 5.74) is 0.0261. The number of aliphatic imine (C=N–C) groups is 1. The van der Waals surface area contributed by atoms with Crippen molar-refractivity contribution >= 4 is 41.3 Å². The van der Waals surface area contributed by atoms with Crippen LogP contribution >= 0.6 is 35.3 Å². The van der Waals surface area contributed by atoms with Gasteiger partial charge in [0.05, 0.1) is 0 Å². The molecule has 2 N–H and O–H groups in total. The predicted octanol–water partition coefficient (Wildman–Crippen LogP) is 3.71. The molecule has 0 amide bonds. The number of hydrogen-bond acceptors (Lipinski definition) is 3. The molecule has 1 aliphatic heterocycles. The Hall–Kier alpha value is -0.340. The van der Waals surface area contributed by atoms with E-state index in [0.29, 0.717) is 12.0 Å². The second kappa shape index (κ2) is 9.22. The van der Waals surface area contributed by atoms with Gasteiger partial charge >= 0.3 is 0 Å². The number of hydrogen-bond donors (Lipinski definition) is 2. The quantitative estimate of drug-likeness (QED) is 0.419. The predicted molar refractivity (Wildman–Crippen MR) is 112 cm³/mol. The van der Waals surface area contributed by atoms with Gasteiger partial charge < -0.3 is 10.6 Å². The molecule has 0 spiro atoms. The van der Waals surface area contributed by atoms with E-state index in [9.17, 15) is 0 Å². The minimum absolute atomic E-state index is 0. The lowest BCUT2D eigenvalue weighted by Gasteiger charge is -2.39. The summed E-state index contributed by atoms with van der Waals surface area (Å²) in [6, 6.07) is 4.95. The second-order valence-electron chi connectivity index (χ2n) is 7.17. The van der Waals surface area contributed by atoms with Crippen molar-refractivity contribution in [3.05, 3.63) is 22.4 Å². The number of guanidine groups is 1. The largest absolute Gasteiger partial charge is 0.356 e. The zero-order valence-corrected chi connectivity index (χ0v) is 18.1. The third kappa shape index (κ3) is 6.23. The van der Waals surface area contributed by atoms with Crippen molar-refractivity contribution in [2.24, 2.45) is 10.9 Å². The SMILES string of the molecule is CN=C(NCC1CCCN(C)C1c1cccs1)NC(C)(C)C.I. The highest BCUT2D eigenvalue weighted by molar-refractivity contribution is 14.0. The first kappa shape index (κ1) is 20.7. The Morgan fingerprint density at radius 3 is 2.74 bits per heavy atom. The van der Waals surface area contributed by atoms with E-state index >= 15 is 0 Å². The minimum atomic E-state index is 0. The van der Waals surface area contributed by atoms with E-state index in [0.717, 1.165) is 12.5 Å². The molecule has 1 fully saturated rings. The maximum Gasteiger partial charge on any atom is 0.191 e. The van der Waals surface area contributed by atoms with Gasteiger partial charge in [-0.15, -0.1) is 35.3 Å². The van der Waals surface area contributed by atoms with E-state index in [4.69, 9.17) is 0 Å². The number of thiophene rings is 1. The monoisotopic (exact) mass is 450 g/mol. The van der Waals surface area contributed by atoms with E-state index in [1.54, 1.807) is 0 Å². The van der Waals surface area contributed by atoms with Crippen molar-refractivity contribution in [3.8, 4) is 0 Å². The molecule has 0 bridgehead atoms. The highest BCUT2D eigenvalue weighted by Gasteiger charge is 2.31. The van der Waals surface area contributed by atoms with Gasteiger partial charge in [0.15, 0.2) is 5.96 Å². The van der Waals surface area contributed by atoms with Gasteiger partial charge in [0.25, 0.3) is 0 Å². The molecular formula is C17H31IN4S. The van der Waals surface area contributed by atoms with Gasteiger partial charge in [-0.25, -0.2) is 0 Å². The Morgan fingerprint density at radius 2 is 2.17 bits per heavy atom. The summed E-state index contributed by atoms with van der Waals surface area (Å²) in [6.07, 6.45) is 2.54. The summed E-state index contributed by atoms with van der Waals surface area (Å²) in [4.78, 5) is 8.33. The smallest absolute Gasteiger partial charge is 0.191 e. The van der Waals surface area contributed by atoms with Crippen molar-refractivity contribution in [1.82, 2.24) is 15.5 Å². The number of nitrogens with one attached hydrogen (secondary N) is 2. The van der Waals surface area contributed by atoms with Crippen LogP contribution in [0.4, 0.5) is 0 Å². The molecular weight excluding hydrogens is 419 g/mol. The molecule has 2 unspecified atom stereocenters. The molecule has 1 aliphatic rings. The molecule has 0 aromatic carbocycles. The molecule has 23 heavy (non-hydrogen) atoms. The van der Waals surface area contributed by atoms with Gasteiger partial charge in [-0.2, -0.15) is 0 Å². The van der Waals surface area contributed by atoms with E-state index < -0.39 is 0 Å². The zero-order valence-electron chi connectivity index (χ0n) is 14.9. The molecule has 2 heterocycles. The maximum atomic E-state index is 4.35. The van der Waals surface area contributed by atoms with Crippen molar-refractivity contribution in [2.75, 3.05) is 27.2 Å². The summed E-state index contributed by atoms with van der Waals surface area (Å²) >= 11 is 1.87. The van der Waals surface area contributed by atoms with Crippen LogP contribution < -0.4 is 10.6 Å². The number of nitrogens with zero attached hydrogens (tertiary/aromatic N) is 2. The molecule has 132 valence electrons. The lowest BCUT2D eigenvalue weighted by atomic mass is 9.88. The van der Waals surface area contributed by atoms with Crippen LogP contribution in [-0.4, -0.2) is 43.6 Å². The Bertz CT molecular complexity index is 481. The number of likely N-dealkylation sites (tertiary alicyclic amines) is 1. The molecule has 0 saturated carbocycles. The molecule has 2 rings (SSSR count). The third-order valence-electron chi connectivity index (χ3n) is 4.09. The van der Waals surface area contributed by atoms with Gasteiger partial charge in [0.1, 0.15) is 0 Å². The van der Waals surface area contributed by atoms with Crippen LogP contribution in [0, 0.1) is 5.92 Å². The van der Waals surface area contributed by atoms with Crippen molar-refractivity contribution < 1.29 is 0 Å². The van der Waals surface area contributed by atoms with Gasteiger partial charge in [-0.1, -0.05) is 6.07 Å². The van der Waals surface area contributed by atoms with Crippen LogP contribution in [0.15, 0.2) is 22.5 Å². The van der Waals surface area contributed by atoms with E-state index in [2.05, 4.69) is 65.9 Å². The van der Waals surface area contributed by atoms with Crippen LogP contribution in [0.25, 0.3) is 0 Å². The minimum Gasteiger partial charge on any atom is -0.356 e. The van der Waals surface area contributed by atoms with Crippen LogP contribution in [0.2, 0.25) is 0 Å². The van der Waals surface area contributed by atoms with Crippen LogP contribution in [0.1, 0.15) is 44.5 Å². The Balaban J connectivity index is 0.00000264. The fraction of sp³-hybridized carbons (Fsp3) is 0.706. The van der Waals surface area contributed by atoms with Gasteiger partial charge in [0.2, 0.25) is 0 Å². The number of rotatable bonds is 3. The first-order valence-electron chi connectivity index (χ1n) is 8.13. The van der Waals surface area contributed by atoms with Crippen molar-refractivity contribution in [2.45, 2.75) is 45.2 Å². The summed E-state index contributed by atoms with van der Waals surface area (Å²) in [6.45, 7) is 8.62. The Labute approximate surface area is 162 Å². The first-order valence-corrected chi connectivity index (χ1v) is 9.01. The lowest BCUT2D eigenvalue weighted by molar-refractivity contribution is 0.125.